The largest absolute Gasteiger partial charge is 0.475 e. The Balaban J connectivity index is 1.54. The van der Waals surface area contributed by atoms with Gasteiger partial charge in [0, 0.05) is 6.54 Å². The molecule has 1 heterocycles. The maximum Gasteiger partial charge on any atom is 0.475 e. The third-order valence-corrected chi connectivity index (χ3v) is 6.94. The van der Waals surface area contributed by atoms with Gasteiger partial charge in [-0.15, -0.1) is 0 Å². The molecule has 0 spiro atoms. The van der Waals surface area contributed by atoms with Gasteiger partial charge in [-0.25, -0.2) is 0 Å². The van der Waals surface area contributed by atoms with Crippen LogP contribution in [0, 0.1) is 23.2 Å². The van der Waals surface area contributed by atoms with Crippen LogP contribution >= 0.6 is 0 Å². The molecule has 5 fully saturated rings. The van der Waals surface area contributed by atoms with Crippen LogP contribution in [-0.4, -0.2) is 46.5 Å². The van der Waals surface area contributed by atoms with E-state index in [4.69, 9.17) is 5.73 Å². The smallest absolute Gasteiger partial charge is 0.426 e. The van der Waals surface area contributed by atoms with Crippen molar-refractivity contribution >= 4 is 13.0 Å². The summed E-state index contributed by atoms with van der Waals surface area (Å²) < 4.78 is 0. The highest BCUT2D eigenvalue weighted by atomic mass is 16.4. The SMILES string of the molecule is NC(C(=O)N1CCC[C@H]1B(O)O)C12CC3CC(CC(C3)C1)C2. The molecule has 1 unspecified atom stereocenters. The molecule has 4 saturated carbocycles. The maximum atomic E-state index is 13.0. The molecule has 1 amide bonds. The molecule has 0 aromatic rings. The van der Waals surface area contributed by atoms with Crippen LogP contribution in [0.25, 0.3) is 0 Å². The van der Waals surface area contributed by atoms with Gasteiger partial charge in [0.15, 0.2) is 0 Å². The standard InChI is InChI=1S/C16H27BN2O3/c18-14(15(20)19-3-1-2-13(19)17(21)22)16-7-10-4-11(8-16)6-12(5-10)9-16/h10-14,21-22H,1-9,18H2/t10?,11?,12?,13-,14?,16?/m0/s1. The Hall–Kier alpha value is -0.585. The van der Waals surface area contributed by atoms with Crippen LogP contribution in [0.5, 0.6) is 0 Å². The first-order valence-electron chi connectivity index (χ1n) is 8.91. The number of carbonyl (C=O) groups excluding carboxylic acids is 1. The molecule has 6 heteroatoms. The van der Waals surface area contributed by atoms with Crippen LogP contribution in [0.15, 0.2) is 0 Å². The summed E-state index contributed by atoms with van der Waals surface area (Å²) in [5, 5.41) is 19.0. The minimum Gasteiger partial charge on any atom is -0.426 e. The average molecular weight is 306 g/mol. The summed E-state index contributed by atoms with van der Waals surface area (Å²) in [4.78, 5) is 14.6. The van der Waals surface area contributed by atoms with Gasteiger partial charge in [-0.3, -0.25) is 4.79 Å². The quantitative estimate of drug-likeness (QED) is 0.664. The van der Waals surface area contributed by atoms with Crippen LogP contribution < -0.4 is 5.73 Å². The summed E-state index contributed by atoms with van der Waals surface area (Å²) in [5.74, 6) is 1.79. The molecule has 4 bridgehead atoms. The van der Waals surface area contributed by atoms with Crippen molar-refractivity contribution in [3.63, 3.8) is 0 Å². The van der Waals surface area contributed by atoms with Gasteiger partial charge in [0.2, 0.25) is 5.91 Å². The number of hydrogen-bond donors (Lipinski definition) is 3. The molecule has 0 aromatic heterocycles. The third kappa shape index (κ3) is 2.22. The fourth-order valence-electron chi connectivity index (χ4n) is 6.38. The summed E-state index contributed by atoms with van der Waals surface area (Å²) in [5.41, 5.74) is 6.49. The lowest BCUT2D eigenvalue weighted by atomic mass is 9.47. The number of nitrogens with two attached hydrogens (primary N) is 1. The normalized spacial score (nSPS) is 44.4. The van der Waals surface area contributed by atoms with Gasteiger partial charge in [-0.2, -0.15) is 0 Å². The number of hydrogen-bond acceptors (Lipinski definition) is 4. The predicted octanol–water partition coefficient (Wildman–Crippen LogP) is 0.533. The van der Waals surface area contributed by atoms with E-state index in [1.807, 2.05) is 0 Å². The van der Waals surface area contributed by atoms with Gasteiger partial charge >= 0.3 is 7.12 Å². The zero-order valence-corrected chi connectivity index (χ0v) is 13.2. The van der Waals surface area contributed by atoms with Crippen LogP contribution in [0.2, 0.25) is 0 Å². The van der Waals surface area contributed by atoms with Gasteiger partial charge in [0.1, 0.15) is 0 Å². The van der Waals surface area contributed by atoms with Gasteiger partial charge in [0.05, 0.1) is 12.0 Å². The van der Waals surface area contributed by atoms with Crippen LogP contribution in [0.4, 0.5) is 0 Å². The second kappa shape index (κ2) is 5.21. The van der Waals surface area contributed by atoms with Gasteiger partial charge in [-0.1, -0.05) is 0 Å². The second-order valence-electron chi connectivity index (χ2n) is 8.41. The van der Waals surface area contributed by atoms with E-state index in [0.717, 1.165) is 43.4 Å². The highest BCUT2D eigenvalue weighted by Crippen LogP contribution is 2.61. The number of likely N-dealkylation sites (tertiary alicyclic amines) is 1. The number of carbonyl (C=O) groups is 1. The first kappa shape index (κ1) is 15.0. The van der Waals surface area contributed by atoms with Gasteiger partial charge in [0.25, 0.3) is 0 Å². The maximum absolute atomic E-state index is 13.0. The van der Waals surface area contributed by atoms with Crippen molar-refractivity contribution in [2.45, 2.75) is 63.3 Å². The van der Waals surface area contributed by atoms with Crippen LogP contribution in [0.1, 0.15) is 51.4 Å². The van der Waals surface area contributed by atoms with E-state index in [1.165, 1.54) is 19.3 Å². The Bertz CT molecular complexity index is 435. The van der Waals surface area contributed by atoms with Crippen LogP contribution in [-0.2, 0) is 4.79 Å². The molecular formula is C16H27BN2O3. The van der Waals surface area contributed by atoms with Gasteiger partial charge < -0.3 is 20.7 Å². The number of nitrogens with zero attached hydrogens (tertiary/aromatic N) is 1. The third-order valence-electron chi connectivity index (χ3n) is 6.94. The molecular weight excluding hydrogens is 279 g/mol. The number of amides is 1. The molecule has 122 valence electrons. The van der Waals surface area contributed by atoms with Crippen molar-refractivity contribution in [3.05, 3.63) is 0 Å². The molecule has 4 N–H and O–H groups in total. The molecule has 1 aliphatic heterocycles. The molecule has 0 radical (unpaired) electrons. The minimum atomic E-state index is -1.45. The van der Waals surface area contributed by atoms with Gasteiger partial charge in [-0.05, 0) is 74.5 Å². The average Bonchev–Trinajstić information content (AvgIpc) is 2.93. The molecule has 5 aliphatic rings. The van der Waals surface area contributed by atoms with E-state index < -0.39 is 19.1 Å². The summed E-state index contributed by atoms with van der Waals surface area (Å²) in [6, 6.07) is -0.458. The van der Waals surface area contributed by atoms with E-state index in [0.29, 0.717) is 13.0 Å². The zero-order valence-electron chi connectivity index (χ0n) is 13.2. The lowest BCUT2D eigenvalue weighted by Crippen LogP contribution is -2.61. The topological polar surface area (TPSA) is 86.8 Å². The molecule has 22 heavy (non-hydrogen) atoms. The van der Waals surface area contributed by atoms with Crippen molar-refractivity contribution < 1.29 is 14.8 Å². The summed E-state index contributed by atoms with van der Waals surface area (Å²) in [6.45, 7) is 0.612. The summed E-state index contributed by atoms with van der Waals surface area (Å²) in [6.07, 6.45) is 8.81. The van der Waals surface area contributed by atoms with Crippen LogP contribution in [0.3, 0.4) is 0 Å². The first-order chi connectivity index (χ1) is 10.5. The minimum absolute atomic E-state index is 0.0145. The Morgan fingerprint density at radius 1 is 1.14 bits per heavy atom. The fraction of sp³-hybridized carbons (Fsp3) is 0.938. The highest BCUT2D eigenvalue weighted by Gasteiger charge is 2.56. The lowest BCUT2D eigenvalue weighted by molar-refractivity contribution is -0.143. The highest BCUT2D eigenvalue weighted by molar-refractivity contribution is 6.43. The molecule has 0 aromatic carbocycles. The van der Waals surface area contributed by atoms with Crippen molar-refractivity contribution in [1.82, 2.24) is 4.90 Å². The first-order valence-corrected chi connectivity index (χ1v) is 8.91. The van der Waals surface area contributed by atoms with Crippen molar-refractivity contribution in [3.8, 4) is 0 Å². The monoisotopic (exact) mass is 306 g/mol. The van der Waals surface area contributed by atoms with E-state index in [2.05, 4.69) is 0 Å². The predicted molar refractivity (Wildman–Crippen MR) is 83.5 cm³/mol. The fourth-order valence-corrected chi connectivity index (χ4v) is 6.38. The summed E-state index contributed by atoms with van der Waals surface area (Å²) >= 11 is 0. The molecule has 4 aliphatic carbocycles. The summed E-state index contributed by atoms with van der Waals surface area (Å²) in [7, 11) is -1.45. The Kier molecular flexibility index (Phi) is 3.55. The zero-order chi connectivity index (χ0) is 15.5. The second-order valence-corrected chi connectivity index (χ2v) is 8.41. The van der Waals surface area contributed by atoms with E-state index in [1.54, 1.807) is 4.90 Å². The Labute approximate surface area is 132 Å². The van der Waals surface area contributed by atoms with Crippen molar-refractivity contribution in [2.24, 2.45) is 28.9 Å². The van der Waals surface area contributed by atoms with E-state index in [9.17, 15) is 14.8 Å². The molecule has 2 atom stereocenters. The van der Waals surface area contributed by atoms with E-state index >= 15 is 0 Å². The number of rotatable bonds is 3. The van der Waals surface area contributed by atoms with E-state index in [-0.39, 0.29) is 11.3 Å². The Morgan fingerprint density at radius 3 is 2.18 bits per heavy atom. The molecule has 5 rings (SSSR count). The van der Waals surface area contributed by atoms with Crippen molar-refractivity contribution in [1.29, 1.82) is 0 Å². The molecule has 1 saturated heterocycles. The van der Waals surface area contributed by atoms with Crippen molar-refractivity contribution in [2.75, 3.05) is 6.54 Å². The lowest BCUT2D eigenvalue weighted by Gasteiger charge is -2.58. The molecule has 5 nitrogen and oxygen atoms in total. The Morgan fingerprint density at radius 2 is 1.68 bits per heavy atom.